The van der Waals surface area contributed by atoms with Crippen molar-refractivity contribution in [1.29, 1.82) is 0 Å². The smallest absolute Gasteiger partial charge is 0.348 e. The molecule has 0 aliphatic carbocycles. The van der Waals surface area contributed by atoms with E-state index in [0.29, 0.717) is 28.7 Å². The number of amides is 1. The molecule has 1 aromatic carbocycles. The number of rotatable bonds is 3. The number of pyridine rings is 1. The van der Waals surface area contributed by atoms with Crippen LogP contribution < -0.4 is 15.9 Å². The normalized spacial score (nSPS) is 17.1. The zero-order chi connectivity index (χ0) is 18.8. The molecule has 1 unspecified atom stereocenters. The first kappa shape index (κ1) is 17.5. The number of aromatic nitrogens is 3. The lowest BCUT2D eigenvalue weighted by atomic mass is 9.96. The number of nitrogens with one attached hydrogen (secondary N) is 2. The molecule has 2 aromatic heterocycles. The van der Waals surface area contributed by atoms with Gasteiger partial charge in [0.2, 0.25) is 5.91 Å². The predicted molar refractivity (Wildman–Crippen MR) is 105 cm³/mol. The van der Waals surface area contributed by atoms with E-state index in [1.165, 1.54) is 0 Å². The van der Waals surface area contributed by atoms with E-state index in [-0.39, 0.29) is 11.8 Å². The van der Waals surface area contributed by atoms with E-state index < -0.39 is 5.69 Å². The van der Waals surface area contributed by atoms with Gasteiger partial charge in [-0.05, 0) is 49.2 Å². The van der Waals surface area contributed by atoms with Crippen LogP contribution in [-0.4, -0.2) is 33.9 Å². The Balaban J connectivity index is 1.55. The Hall–Kier alpha value is -2.93. The fourth-order valence-electron chi connectivity index (χ4n) is 3.37. The Bertz CT molecular complexity index is 1030. The number of nitrogens with zero attached hydrogens (tertiary/aromatic N) is 3. The molecule has 4 rings (SSSR count). The average molecular weight is 384 g/mol. The lowest BCUT2D eigenvalue weighted by molar-refractivity contribution is -0.120. The molecule has 8 heteroatoms. The van der Waals surface area contributed by atoms with Crippen molar-refractivity contribution < 1.29 is 4.79 Å². The Morgan fingerprint density at radius 3 is 2.89 bits per heavy atom. The molecule has 0 radical (unpaired) electrons. The molecule has 1 aliphatic rings. The molecule has 27 heavy (non-hydrogen) atoms. The maximum atomic E-state index is 12.7. The van der Waals surface area contributed by atoms with Crippen LogP contribution in [0.2, 0.25) is 5.02 Å². The van der Waals surface area contributed by atoms with Gasteiger partial charge >= 0.3 is 5.69 Å². The van der Waals surface area contributed by atoms with Gasteiger partial charge in [-0.2, -0.15) is 4.98 Å². The molecule has 1 fully saturated rings. The van der Waals surface area contributed by atoms with Crippen LogP contribution in [0.25, 0.3) is 11.0 Å². The highest BCUT2D eigenvalue weighted by Crippen LogP contribution is 2.26. The summed E-state index contributed by atoms with van der Waals surface area (Å²) in [4.78, 5) is 37.6. The molecule has 3 aromatic rings. The standard InChI is InChI=1S/C19H18ClN5O2/c20-13-5-7-14(8-6-13)22-18(26)12-3-2-10-25(11-12)17-15-4-1-9-21-16(15)23-19(27)24-17/h1,4-9,12H,2-3,10-11H2,(H,22,26)(H,21,23,24,27). The number of H-pyrrole nitrogens is 1. The van der Waals surface area contributed by atoms with Crippen molar-refractivity contribution in [2.45, 2.75) is 12.8 Å². The SMILES string of the molecule is O=C(Nc1ccc(Cl)cc1)C1CCCN(c2nc(=O)[nH]c3ncccc23)C1. The van der Waals surface area contributed by atoms with Gasteiger partial charge in [-0.25, -0.2) is 9.78 Å². The molecule has 138 valence electrons. The topological polar surface area (TPSA) is 91.0 Å². The van der Waals surface area contributed by atoms with Crippen molar-refractivity contribution in [3.8, 4) is 0 Å². The quantitative estimate of drug-likeness (QED) is 0.725. The summed E-state index contributed by atoms with van der Waals surface area (Å²) < 4.78 is 0. The van der Waals surface area contributed by atoms with Gasteiger partial charge in [-0.3, -0.25) is 9.78 Å². The molecule has 0 saturated carbocycles. The van der Waals surface area contributed by atoms with Crippen LogP contribution in [0.5, 0.6) is 0 Å². The van der Waals surface area contributed by atoms with Crippen LogP contribution in [0, 0.1) is 5.92 Å². The van der Waals surface area contributed by atoms with Crippen molar-refractivity contribution >= 4 is 40.0 Å². The van der Waals surface area contributed by atoms with Gasteiger partial charge in [0.15, 0.2) is 0 Å². The molecule has 1 aliphatic heterocycles. The van der Waals surface area contributed by atoms with Gasteiger partial charge in [-0.1, -0.05) is 11.6 Å². The molecule has 0 bridgehead atoms. The number of hydrogen-bond donors (Lipinski definition) is 2. The maximum absolute atomic E-state index is 12.7. The summed E-state index contributed by atoms with van der Waals surface area (Å²) in [5.41, 5.74) is 0.773. The molecule has 3 heterocycles. The predicted octanol–water partition coefficient (Wildman–Crippen LogP) is 2.83. The van der Waals surface area contributed by atoms with Gasteiger partial charge in [0.1, 0.15) is 11.5 Å². The van der Waals surface area contributed by atoms with Gasteiger partial charge in [0.25, 0.3) is 0 Å². The molecule has 1 saturated heterocycles. The number of aromatic amines is 1. The van der Waals surface area contributed by atoms with E-state index in [2.05, 4.69) is 20.3 Å². The van der Waals surface area contributed by atoms with Crippen molar-refractivity contribution in [2.24, 2.45) is 5.92 Å². The summed E-state index contributed by atoms with van der Waals surface area (Å²) >= 11 is 5.88. The molecule has 7 nitrogen and oxygen atoms in total. The van der Waals surface area contributed by atoms with Crippen LogP contribution in [0.1, 0.15) is 12.8 Å². The molecule has 1 amide bonds. The third-order valence-electron chi connectivity index (χ3n) is 4.68. The van der Waals surface area contributed by atoms with E-state index >= 15 is 0 Å². The average Bonchev–Trinajstić information content (AvgIpc) is 2.69. The Morgan fingerprint density at radius 1 is 1.26 bits per heavy atom. The third-order valence-corrected chi connectivity index (χ3v) is 4.94. The number of hydrogen-bond acceptors (Lipinski definition) is 5. The van der Waals surface area contributed by atoms with Gasteiger partial charge in [-0.15, -0.1) is 0 Å². The van der Waals surface area contributed by atoms with Crippen molar-refractivity contribution in [3.63, 3.8) is 0 Å². The Morgan fingerprint density at radius 2 is 2.07 bits per heavy atom. The molecular weight excluding hydrogens is 366 g/mol. The summed E-state index contributed by atoms with van der Waals surface area (Å²) in [5.74, 6) is 0.336. The Kier molecular flexibility index (Phi) is 4.77. The van der Waals surface area contributed by atoms with Gasteiger partial charge in [0.05, 0.1) is 11.3 Å². The second-order valence-electron chi connectivity index (χ2n) is 6.55. The number of fused-ring (bicyclic) bond motifs is 1. The third kappa shape index (κ3) is 3.78. The zero-order valence-electron chi connectivity index (χ0n) is 14.5. The zero-order valence-corrected chi connectivity index (χ0v) is 15.2. The minimum Gasteiger partial charge on any atom is -0.355 e. The van der Waals surface area contributed by atoms with Crippen LogP contribution in [0.4, 0.5) is 11.5 Å². The number of benzene rings is 1. The van der Waals surface area contributed by atoms with Crippen LogP contribution in [0.3, 0.4) is 0 Å². The number of carbonyl (C=O) groups excluding carboxylic acids is 1. The van der Waals surface area contributed by atoms with Crippen LogP contribution >= 0.6 is 11.6 Å². The first-order chi connectivity index (χ1) is 13.1. The summed E-state index contributed by atoms with van der Waals surface area (Å²) in [5, 5.41) is 4.33. The van der Waals surface area contributed by atoms with Crippen LogP contribution in [0.15, 0.2) is 47.4 Å². The second-order valence-corrected chi connectivity index (χ2v) is 6.98. The summed E-state index contributed by atoms with van der Waals surface area (Å²) in [6.07, 6.45) is 3.25. The first-order valence-electron chi connectivity index (χ1n) is 8.76. The molecular formula is C19H18ClN5O2. The Labute approximate surface area is 160 Å². The second kappa shape index (κ2) is 7.36. The molecule has 2 N–H and O–H groups in total. The van der Waals surface area contributed by atoms with E-state index in [1.54, 1.807) is 36.5 Å². The van der Waals surface area contributed by atoms with Crippen molar-refractivity contribution in [3.05, 3.63) is 58.1 Å². The van der Waals surface area contributed by atoms with E-state index in [0.717, 1.165) is 24.8 Å². The first-order valence-corrected chi connectivity index (χ1v) is 9.14. The number of anilines is 2. The number of halogens is 1. The van der Waals surface area contributed by atoms with Crippen molar-refractivity contribution in [2.75, 3.05) is 23.3 Å². The monoisotopic (exact) mass is 383 g/mol. The van der Waals surface area contributed by atoms with E-state index in [4.69, 9.17) is 11.6 Å². The van der Waals surface area contributed by atoms with Crippen LogP contribution in [-0.2, 0) is 4.79 Å². The molecule has 1 atom stereocenters. The number of piperidine rings is 1. The summed E-state index contributed by atoms with van der Waals surface area (Å²) in [6.45, 7) is 1.24. The minimum atomic E-state index is -0.441. The summed E-state index contributed by atoms with van der Waals surface area (Å²) in [7, 11) is 0. The minimum absolute atomic E-state index is 0.0470. The van der Waals surface area contributed by atoms with Gasteiger partial charge in [0, 0.05) is 30.0 Å². The highest BCUT2D eigenvalue weighted by molar-refractivity contribution is 6.30. The summed E-state index contributed by atoms with van der Waals surface area (Å²) in [6, 6.07) is 10.7. The molecule has 0 spiro atoms. The largest absolute Gasteiger partial charge is 0.355 e. The fourth-order valence-corrected chi connectivity index (χ4v) is 3.50. The van der Waals surface area contributed by atoms with Crippen molar-refractivity contribution in [1.82, 2.24) is 15.0 Å². The highest BCUT2D eigenvalue weighted by Gasteiger charge is 2.28. The highest BCUT2D eigenvalue weighted by atomic mass is 35.5. The fraction of sp³-hybridized carbons (Fsp3) is 0.263. The number of carbonyl (C=O) groups is 1. The lowest BCUT2D eigenvalue weighted by Gasteiger charge is -2.33. The lowest BCUT2D eigenvalue weighted by Crippen LogP contribution is -2.41. The van der Waals surface area contributed by atoms with Gasteiger partial charge < -0.3 is 10.2 Å². The maximum Gasteiger partial charge on any atom is 0.348 e. The van der Waals surface area contributed by atoms with E-state index in [9.17, 15) is 9.59 Å². The van der Waals surface area contributed by atoms with E-state index in [1.807, 2.05) is 11.0 Å².